The number of ether oxygens (including phenoxy) is 1. The van der Waals surface area contributed by atoms with Gasteiger partial charge in [-0.3, -0.25) is 4.79 Å². The number of carbonyl (C=O) groups excluding carboxylic acids is 1. The Bertz CT molecular complexity index is 303. The van der Waals surface area contributed by atoms with Gasteiger partial charge in [-0.1, -0.05) is 26.2 Å². The van der Waals surface area contributed by atoms with E-state index >= 15 is 0 Å². The lowest BCUT2D eigenvalue weighted by atomic mass is 9.92. The molecule has 0 heterocycles. The largest absolute Gasteiger partial charge is 0.465 e. The number of rotatable bonds is 9. The van der Waals surface area contributed by atoms with E-state index in [-0.39, 0.29) is 5.97 Å². The number of likely N-dealkylation sites (N-methyl/N-ethyl adjacent to an activating group) is 1. The highest BCUT2D eigenvalue weighted by Crippen LogP contribution is 2.23. The van der Waals surface area contributed by atoms with Crippen LogP contribution in [0, 0.1) is 0 Å². The van der Waals surface area contributed by atoms with Gasteiger partial charge >= 0.3 is 5.97 Å². The zero-order chi connectivity index (χ0) is 15.7. The molecule has 0 aromatic rings. The minimum atomic E-state index is -0.554. The SMILES string of the molecule is CCOC(=O)C(C)(CCCN(CC)C1CCCCC1)NC. The summed E-state index contributed by atoms with van der Waals surface area (Å²) in [6.45, 7) is 8.69. The minimum Gasteiger partial charge on any atom is -0.465 e. The molecule has 4 nitrogen and oxygen atoms in total. The fraction of sp³-hybridized carbons (Fsp3) is 0.941. The van der Waals surface area contributed by atoms with Crippen LogP contribution in [0.15, 0.2) is 0 Å². The Labute approximate surface area is 130 Å². The predicted molar refractivity (Wildman–Crippen MR) is 87.5 cm³/mol. The first-order valence-corrected chi connectivity index (χ1v) is 8.67. The second-order valence-electron chi connectivity index (χ2n) is 6.33. The zero-order valence-electron chi connectivity index (χ0n) is 14.4. The highest BCUT2D eigenvalue weighted by atomic mass is 16.5. The van der Waals surface area contributed by atoms with Crippen molar-refractivity contribution in [2.75, 3.05) is 26.7 Å². The average Bonchev–Trinajstić information content (AvgIpc) is 2.52. The maximum atomic E-state index is 12.0. The third-order valence-corrected chi connectivity index (χ3v) is 4.90. The normalized spacial score (nSPS) is 19.5. The molecule has 0 spiro atoms. The molecule has 1 aliphatic rings. The molecular formula is C17H34N2O2. The standard InChI is InChI=1S/C17H34N2O2/c1-5-19(15-11-8-7-9-12-15)14-10-13-17(3,18-4)16(20)21-6-2/h15,18H,5-14H2,1-4H3. The second kappa shape index (κ2) is 9.42. The van der Waals surface area contributed by atoms with Gasteiger partial charge in [0.05, 0.1) is 6.61 Å². The van der Waals surface area contributed by atoms with Crippen molar-refractivity contribution in [2.45, 2.75) is 77.3 Å². The lowest BCUT2D eigenvalue weighted by Gasteiger charge is -2.34. The molecule has 0 radical (unpaired) electrons. The molecule has 0 aliphatic heterocycles. The lowest BCUT2D eigenvalue weighted by Crippen LogP contribution is -2.49. The van der Waals surface area contributed by atoms with E-state index in [1.165, 1.54) is 32.1 Å². The summed E-state index contributed by atoms with van der Waals surface area (Å²) in [6, 6.07) is 0.757. The number of nitrogens with one attached hydrogen (secondary N) is 1. The van der Waals surface area contributed by atoms with Crippen molar-refractivity contribution >= 4 is 5.97 Å². The number of hydrogen-bond acceptors (Lipinski definition) is 4. The predicted octanol–water partition coefficient (Wildman–Crippen LogP) is 2.96. The summed E-state index contributed by atoms with van der Waals surface area (Å²) < 4.78 is 5.18. The van der Waals surface area contributed by atoms with Crippen molar-refractivity contribution in [2.24, 2.45) is 0 Å². The van der Waals surface area contributed by atoms with E-state index in [0.29, 0.717) is 6.61 Å². The van der Waals surface area contributed by atoms with Gasteiger partial charge in [-0.05, 0) is 59.7 Å². The van der Waals surface area contributed by atoms with Crippen LogP contribution in [0.25, 0.3) is 0 Å². The number of hydrogen-bond donors (Lipinski definition) is 1. The van der Waals surface area contributed by atoms with Gasteiger partial charge in [-0.2, -0.15) is 0 Å². The van der Waals surface area contributed by atoms with Crippen molar-refractivity contribution in [1.29, 1.82) is 0 Å². The molecule has 0 amide bonds. The van der Waals surface area contributed by atoms with Gasteiger partial charge < -0.3 is 15.0 Å². The van der Waals surface area contributed by atoms with E-state index in [1.54, 1.807) is 0 Å². The van der Waals surface area contributed by atoms with Crippen LogP contribution in [-0.4, -0.2) is 49.2 Å². The summed E-state index contributed by atoms with van der Waals surface area (Å²) in [5.74, 6) is -0.131. The number of nitrogens with zero attached hydrogens (tertiary/aromatic N) is 1. The Morgan fingerprint density at radius 1 is 1.29 bits per heavy atom. The van der Waals surface area contributed by atoms with Crippen molar-refractivity contribution in [3.8, 4) is 0 Å². The van der Waals surface area contributed by atoms with Gasteiger partial charge in [0.2, 0.25) is 0 Å². The molecule has 1 unspecified atom stereocenters. The molecule has 1 N–H and O–H groups in total. The van der Waals surface area contributed by atoms with E-state index in [2.05, 4.69) is 17.1 Å². The number of esters is 1. The van der Waals surface area contributed by atoms with Crippen LogP contribution in [0.3, 0.4) is 0 Å². The zero-order valence-corrected chi connectivity index (χ0v) is 14.4. The van der Waals surface area contributed by atoms with Gasteiger partial charge in [0.25, 0.3) is 0 Å². The molecule has 21 heavy (non-hydrogen) atoms. The molecule has 0 saturated heterocycles. The Morgan fingerprint density at radius 3 is 2.48 bits per heavy atom. The molecule has 0 aromatic carbocycles. The summed E-state index contributed by atoms with van der Waals surface area (Å²) >= 11 is 0. The Hall–Kier alpha value is -0.610. The van der Waals surface area contributed by atoms with Gasteiger partial charge in [0.15, 0.2) is 0 Å². The molecule has 0 bridgehead atoms. The van der Waals surface area contributed by atoms with E-state index in [9.17, 15) is 4.79 Å². The second-order valence-corrected chi connectivity index (χ2v) is 6.33. The Balaban J connectivity index is 2.42. The molecule has 1 aliphatic carbocycles. The molecule has 1 fully saturated rings. The van der Waals surface area contributed by atoms with Gasteiger partial charge in [-0.25, -0.2) is 0 Å². The Kier molecular flexibility index (Phi) is 8.27. The van der Waals surface area contributed by atoms with E-state index in [0.717, 1.165) is 32.0 Å². The first-order valence-electron chi connectivity index (χ1n) is 8.67. The third kappa shape index (κ3) is 5.59. The van der Waals surface area contributed by atoms with Crippen LogP contribution in [0.5, 0.6) is 0 Å². The summed E-state index contributed by atoms with van der Waals surface area (Å²) in [6.07, 6.45) is 8.68. The van der Waals surface area contributed by atoms with Gasteiger partial charge in [0, 0.05) is 6.04 Å². The number of carbonyl (C=O) groups is 1. The summed E-state index contributed by atoms with van der Waals surface area (Å²) in [5.41, 5.74) is -0.554. The van der Waals surface area contributed by atoms with Crippen molar-refractivity contribution in [3.05, 3.63) is 0 Å². The molecule has 1 rings (SSSR count). The average molecular weight is 298 g/mol. The van der Waals surface area contributed by atoms with Crippen LogP contribution < -0.4 is 5.32 Å². The minimum absolute atomic E-state index is 0.131. The van der Waals surface area contributed by atoms with Gasteiger partial charge in [0.1, 0.15) is 5.54 Å². The summed E-state index contributed by atoms with van der Waals surface area (Å²) in [5, 5.41) is 3.14. The molecular weight excluding hydrogens is 264 g/mol. The van der Waals surface area contributed by atoms with E-state index < -0.39 is 5.54 Å². The van der Waals surface area contributed by atoms with Crippen LogP contribution in [0.2, 0.25) is 0 Å². The van der Waals surface area contributed by atoms with E-state index in [4.69, 9.17) is 4.74 Å². The lowest BCUT2D eigenvalue weighted by molar-refractivity contribution is -0.150. The monoisotopic (exact) mass is 298 g/mol. The maximum Gasteiger partial charge on any atom is 0.326 e. The quantitative estimate of drug-likeness (QED) is 0.665. The Morgan fingerprint density at radius 2 is 1.95 bits per heavy atom. The van der Waals surface area contributed by atoms with Crippen molar-refractivity contribution in [1.82, 2.24) is 10.2 Å². The van der Waals surface area contributed by atoms with E-state index in [1.807, 2.05) is 20.9 Å². The van der Waals surface area contributed by atoms with Crippen LogP contribution in [0.1, 0.15) is 65.7 Å². The van der Waals surface area contributed by atoms with Crippen LogP contribution >= 0.6 is 0 Å². The van der Waals surface area contributed by atoms with Crippen molar-refractivity contribution < 1.29 is 9.53 Å². The first kappa shape index (κ1) is 18.4. The maximum absolute atomic E-state index is 12.0. The fourth-order valence-corrected chi connectivity index (χ4v) is 3.30. The van der Waals surface area contributed by atoms with Crippen molar-refractivity contribution in [3.63, 3.8) is 0 Å². The molecule has 124 valence electrons. The highest BCUT2D eigenvalue weighted by molar-refractivity contribution is 5.80. The molecule has 0 aromatic heterocycles. The first-order chi connectivity index (χ1) is 10.1. The summed E-state index contributed by atoms with van der Waals surface area (Å²) in [7, 11) is 1.84. The molecule has 1 atom stereocenters. The van der Waals surface area contributed by atoms with Gasteiger partial charge in [-0.15, -0.1) is 0 Å². The summed E-state index contributed by atoms with van der Waals surface area (Å²) in [4.78, 5) is 14.6. The fourth-order valence-electron chi connectivity index (χ4n) is 3.30. The molecule has 1 saturated carbocycles. The van der Waals surface area contributed by atoms with Crippen LogP contribution in [-0.2, 0) is 9.53 Å². The highest BCUT2D eigenvalue weighted by Gasteiger charge is 2.32. The topological polar surface area (TPSA) is 41.6 Å². The smallest absolute Gasteiger partial charge is 0.326 e. The third-order valence-electron chi connectivity index (χ3n) is 4.90. The molecule has 4 heteroatoms. The van der Waals surface area contributed by atoms with Crippen LogP contribution in [0.4, 0.5) is 0 Å².